The van der Waals surface area contributed by atoms with E-state index in [-0.39, 0.29) is 0 Å². The first-order valence-corrected chi connectivity index (χ1v) is 11.8. The van der Waals surface area contributed by atoms with Crippen LogP contribution in [0.1, 0.15) is 0 Å². The van der Waals surface area contributed by atoms with Crippen molar-refractivity contribution >= 4 is 90.5 Å². The second kappa shape index (κ2) is 5.58. The van der Waals surface area contributed by atoms with Gasteiger partial charge in [-0.1, -0.05) is 24.3 Å². The number of fused-ring (bicyclic) bond motifs is 13. The zero-order valence-corrected chi connectivity index (χ0v) is 17.8. The maximum atomic E-state index is 4.71. The van der Waals surface area contributed by atoms with Crippen molar-refractivity contribution in [2.24, 2.45) is 0 Å². The first-order chi connectivity index (χ1) is 15.4. The first-order valence-electron chi connectivity index (χ1n) is 10.2. The van der Waals surface area contributed by atoms with E-state index < -0.39 is 0 Å². The quantitative estimate of drug-likeness (QED) is 0.230. The summed E-state index contributed by atoms with van der Waals surface area (Å²) in [7, 11) is 0. The summed E-state index contributed by atoms with van der Waals surface area (Å²) in [4.78, 5) is 9.31. The number of imidazole rings is 1. The highest BCUT2D eigenvalue weighted by Crippen LogP contribution is 2.45. The van der Waals surface area contributed by atoms with Gasteiger partial charge in [0, 0.05) is 69.7 Å². The van der Waals surface area contributed by atoms with Crippen LogP contribution in [0.25, 0.3) is 67.8 Å². The van der Waals surface area contributed by atoms with Gasteiger partial charge in [0.2, 0.25) is 0 Å². The number of pyridine rings is 2. The van der Waals surface area contributed by atoms with Gasteiger partial charge >= 0.3 is 0 Å². The highest BCUT2D eigenvalue weighted by Gasteiger charge is 2.17. The standard InChI is InChI=1S/C26H13N3S2/c1-2-6-19-14(4-1)16-12-17-22(13-21(16)30-19)31-20-8-7-18-23(24(17)20)15-5-3-9-27-25(15)26-28-10-11-29(18)26/h1-13H. The van der Waals surface area contributed by atoms with Gasteiger partial charge in [0.25, 0.3) is 0 Å². The van der Waals surface area contributed by atoms with Crippen LogP contribution in [-0.2, 0) is 0 Å². The Hall–Kier alpha value is -3.54. The molecular weight excluding hydrogens is 418 g/mol. The zero-order chi connectivity index (χ0) is 20.1. The Labute approximate surface area is 183 Å². The van der Waals surface area contributed by atoms with Gasteiger partial charge in [-0.2, -0.15) is 0 Å². The van der Waals surface area contributed by atoms with E-state index in [1.807, 2.05) is 47.3 Å². The van der Waals surface area contributed by atoms with Crippen molar-refractivity contribution < 1.29 is 0 Å². The van der Waals surface area contributed by atoms with E-state index >= 15 is 0 Å². The lowest BCUT2D eigenvalue weighted by Gasteiger charge is -2.09. The maximum Gasteiger partial charge on any atom is 0.163 e. The van der Waals surface area contributed by atoms with Crippen molar-refractivity contribution in [1.82, 2.24) is 14.4 Å². The monoisotopic (exact) mass is 431 g/mol. The van der Waals surface area contributed by atoms with Gasteiger partial charge in [0.1, 0.15) is 5.52 Å². The van der Waals surface area contributed by atoms with Crippen LogP contribution >= 0.6 is 22.7 Å². The number of hydrogen-bond acceptors (Lipinski definition) is 4. The molecule has 0 saturated heterocycles. The minimum absolute atomic E-state index is 0.910. The van der Waals surface area contributed by atoms with Gasteiger partial charge in [0.15, 0.2) is 5.65 Å². The van der Waals surface area contributed by atoms with Gasteiger partial charge in [0.05, 0.1) is 5.52 Å². The first kappa shape index (κ1) is 16.2. The summed E-state index contributed by atoms with van der Waals surface area (Å²) in [6.45, 7) is 0. The maximum absolute atomic E-state index is 4.71. The van der Waals surface area contributed by atoms with Crippen LogP contribution in [0.4, 0.5) is 0 Å². The smallest absolute Gasteiger partial charge is 0.163 e. The predicted octanol–water partition coefficient (Wildman–Crippen LogP) is 7.77. The van der Waals surface area contributed by atoms with Crippen molar-refractivity contribution in [2.75, 3.05) is 0 Å². The second-order valence-electron chi connectivity index (χ2n) is 7.90. The number of aromatic nitrogens is 3. The number of nitrogens with zero attached hydrogens (tertiary/aromatic N) is 3. The fourth-order valence-corrected chi connectivity index (χ4v) is 7.34. The van der Waals surface area contributed by atoms with Crippen molar-refractivity contribution in [3.63, 3.8) is 0 Å². The fourth-order valence-electron chi connectivity index (χ4n) is 5.01. The van der Waals surface area contributed by atoms with E-state index in [0.29, 0.717) is 0 Å². The molecule has 0 saturated carbocycles. The minimum Gasteiger partial charge on any atom is -0.298 e. The number of benzene rings is 3. The molecule has 0 spiro atoms. The van der Waals surface area contributed by atoms with Crippen LogP contribution in [0.15, 0.2) is 79.3 Å². The third-order valence-corrected chi connectivity index (χ3v) is 8.55. The molecule has 0 amide bonds. The van der Waals surface area contributed by atoms with Crippen LogP contribution < -0.4 is 0 Å². The molecule has 3 aromatic carbocycles. The highest BCUT2D eigenvalue weighted by molar-refractivity contribution is 7.28. The van der Waals surface area contributed by atoms with E-state index in [1.54, 1.807) is 0 Å². The van der Waals surface area contributed by atoms with Crippen molar-refractivity contribution in [3.8, 4) is 0 Å². The molecule has 0 N–H and O–H groups in total. The molecule has 0 aliphatic heterocycles. The molecule has 8 rings (SSSR count). The summed E-state index contributed by atoms with van der Waals surface area (Å²) >= 11 is 3.76. The summed E-state index contributed by atoms with van der Waals surface area (Å²) < 4.78 is 7.53. The zero-order valence-electron chi connectivity index (χ0n) is 16.2. The Morgan fingerprint density at radius 2 is 1.48 bits per heavy atom. The lowest BCUT2D eigenvalue weighted by Crippen LogP contribution is -1.92. The molecule has 144 valence electrons. The number of hydrogen-bond donors (Lipinski definition) is 0. The Morgan fingerprint density at radius 3 is 2.48 bits per heavy atom. The molecule has 3 nitrogen and oxygen atoms in total. The van der Waals surface area contributed by atoms with Crippen LogP contribution in [0.5, 0.6) is 0 Å². The van der Waals surface area contributed by atoms with E-state index in [9.17, 15) is 0 Å². The largest absolute Gasteiger partial charge is 0.298 e. The Kier molecular flexibility index (Phi) is 2.91. The van der Waals surface area contributed by atoms with Crippen LogP contribution in [0.3, 0.4) is 0 Å². The molecule has 8 aromatic rings. The molecule has 5 aromatic heterocycles. The second-order valence-corrected chi connectivity index (χ2v) is 10.1. The fraction of sp³-hybridized carbons (Fsp3) is 0. The van der Waals surface area contributed by atoms with Crippen molar-refractivity contribution in [3.05, 3.63) is 79.3 Å². The molecule has 5 heterocycles. The topological polar surface area (TPSA) is 30.2 Å². The van der Waals surface area contributed by atoms with E-state index in [4.69, 9.17) is 4.98 Å². The minimum atomic E-state index is 0.910. The molecular formula is C26H13N3S2. The summed E-state index contributed by atoms with van der Waals surface area (Å²) in [6, 6.07) is 22.2. The van der Waals surface area contributed by atoms with Crippen LogP contribution in [-0.4, -0.2) is 14.4 Å². The SMILES string of the molecule is c1ccc2c(c1)sc1cc3sc4ccc5c(c6cccnc6c6nccn56)c4c3cc12. The Balaban J connectivity index is 1.68. The average Bonchev–Trinajstić information content (AvgIpc) is 3.52. The summed E-state index contributed by atoms with van der Waals surface area (Å²) in [5.41, 5.74) is 3.04. The van der Waals surface area contributed by atoms with Gasteiger partial charge in [-0.05, 0) is 36.4 Å². The number of rotatable bonds is 0. The molecule has 0 atom stereocenters. The summed E-state index contributed by atoms with van der Waals surface area (Å²) in [5, 5.41) is 7.76. The number of thiophene rings is 2. The third kappa shape index (κ3) is 1.98. The summed E-state index contributed by atoms with van der Waals surface area (Å²) in [6.07, 6.45) is 5.76. The normalized spacial score (nSPS) is 12.5. The summed E-state index contributed by atoms with van der Waals surface area (Å²) in [5.74, 6) is 0. The molecule has 0 unspecified atom stereocenters. The van der Waals surface area contributed by atoms with Crippen LogP contribution in [0.2, 0.25) is 0 Å². The van der Waals surface area contributed by atoms with Gasteiger partial charge in [-0.15, -0.1) is 22.7 Å². The van der Waals surface area contributed by atoms with E-state index in [2.05, 4.69) is 64.0 Å². The molecule has 31 heavy (non-hydrogen) atoms. The van der Waals surface area contributed by atoms with Crippen molar-refractivity contribution in [2.45, 2.75) is 0 Å². The molecule has 0 aliphatic carbocycles. The predicted molar refractivity (Wildman–Crippen MR) is 134 cm³/mol. The van der Waals surface area contributed by atoms with Gasteiger partial charge in [-0.3, -0.25) is 9.38 Å². The molecule has 0 radical (unpaired) electrons. The third-order valence-electron chi connectivity index (χ3n) is 6.30. The lowest BCUT2D eigenvalue weighted by molar-refractivity contribution is 1.26. The average molecular weight is 432 g/mol. The molecule has 0 aliphatic rings. The van der Waals surface area contributed by atoms with Crippen LogP contribution in [0, 0.1) is 0 Å². The Bertz CT molecular complexity index is 2010. The van der Waals surface area contributed by atoms with Gasteiger partial charge < -0.3 is 0 Å². The van der Waals surface area contributed by atoms with E-state index in [0.717, 1.165) is 16.6 Å². The highest BCUT2D eigenvalue weighted by atomic mass is 32.1. The molecule has 5 heteroatoms. The van der Waals surface area contributed by atoms with E-state index in [1.165, 1.54) is 51.2 Å². The molecule has 0 fully saturated rings. The van der Waals surface area contributed by atoms with Gasteiger partial charge in [-0.25, -0.2) is 4.98 Å². The Morgan fingerprint density at radius 1 is 0.613 bits per heavy atom. The lowest BCUT2D eigenvalue weighted by atomic mass is 10.0. The molecule has 0 bridgehead atoms. The van der Waals surface area contributed by atoms with Crippen molar-refractivity contribution in [1.29, 1.82) is 0 Å².